The fraction of sp³-hybridized carbons (Fsp3) is 0.143. The number of aliphatic hydroxyl groups excluding tert-OH is 2. The molecule has 0 amide bonds. The van der Waals surface area contributed by atoms with E-state index in [1.807, 2.05) is 6.07 Å². The summed E-state index contributed by atoms with van der Waals surface area (Å²) in [7, 11) is 0. The number of benzene rings is 5. The van der Waals surface area contributed by atoms with E-state index < -0.39 is 10.8 Å². The summed E-state index contributed by atoms with van der Waals surface area (Å²) in [5, 5.41) is 23.3. The van der Waals surface area contributed by atoms with Crippen LogP contribution in [0.4, 0.5) is 0 Å². The molecule has 0 spiro atoms. The first kappa shape index (κ1) is 22.2. The lowest BCUT2D eigenvalue weighted by molar-refractivity contribution is 0.128. The Balaban J connectivity index is 1.66. The average Bonchev–Trinajstić information content (AvgIpc) is 3.43. The molecule has 5 aromatic rings. The van der Waals surface area contributed by atoms with Crippen LogP contribution < -0.4 is 0 Å². The van der Waals surface area contributed by atoms with Crippen molar-refractivity contribution in [3.8, 4) is 22.3 Å². The van der Waals surface area contributed by atoms with Crippen molar-refractivity contribution in [2.24, 2.45) is 0 Å². The smallest absolute Gasteiger partial charge is 0.0575 e. The van der Waals surface area contributed by atoms with E-state index in [0.717, 1.165) is 50.1 Å². The molecular weight excluding hydrogens is 452 g/mol. The second-order valence-corrected chi connectivity index (χ2v) is 10.3. The van der Waals surface area contributed by atoms with Gasteiger partial charge >= 0.3 is 0 Å². The van der Waals surface area contributed by atoms with Crippen LogP contribution >= 0.6 is 0 Å². The van der Waals surface area contributed by atoms with Gasteiger partial charge in [-0.05, 0) is 50.1 Å². The molecular formula is C35H28O2. The first-order valence-corrected chi connectivity index (χ1v) is 12.9. The van der Waals surface area contributed by atoms with E-state index >= 15 is 0 Å². The van der Waals surface area contributed by atoms with Crippen molar-refractivity contribution in [1.82, 2.24) is 0 Å². The number of fused-ring (bicyclic) bond motifs is 6. The fourth-order valence-electron chi connectivity index (χ4n) is 7.50. The third kappa shape index (κ3) is 2.77. The van der Waals surface area contributed by atoms with Crippen LogP contribution in [0.2, 0.25) is 0 Å². The number of hydrogen-bond acceptors (Lipinski definition) is 2. The maximum absolute atomic E-state index is 11.6. The van der Waals surface area contributed by atoms with Crippen LogP contribution in [-0.2, 0) is 10.8 Å². The van der Waals surface area contributed by atoms with E-state index in [-0.39, 0.29) is 19.1 Å². The van der Waals surface area contributed by atoms with Gasteiger partial charge in [-0.25, -0.2) is 0 Å². The number of aliphatic hydroxyl groups is 2. The van der Waals surface area contributed by atoms with E-state index in [0.29, 0.717) is 0 Å². The van der Waals surface area contributed by atoms with Crippen LogP contribution in [-0.4, -0.2) is 23.4 Å². The monoisotopic (exact) mass is 480 g/mol. The molecule has 2 aliphatic rings. The van der Waals surface area contributed by atoms with Gasteiger partial charge in [0.1, 0.15) is 0 Å². The molecule has 180 valence electrons. The number of rotatable bonds is 5. The zero-order chi connectivity index (χ0) is 25.0. The Bertz CT molecular complexity index is 1420. The second kappa shape index (κ2) is 8.27. The molecule has 2 heteroatoms. The van der Waals surface area contributed by atoms with E-state index in [4.69, 9.17) is 0 Å². The normalized spacial score (nSPS) is 15.6. The van der Waals surface area contributed by atoms with Crippen molar-refractivity contribution in [2.45, 2.75) is 16.7 Å². The lowest BCUT2D eigenvalue weighted by Gasteiger charge is -2.49. The maximum atomic E-state index is 11.6. The van der Waals surface area contributed by atoms with Gasteiger partial charge in [-0.1, -0.05) is 127 Å². The summed E-state index contributed by atoms with van der Waals surface area (Å²) in [4.78, 5) is 0. The SMILES string of the molecule is OCC1(C(c2ccccc2)C2(CO)c3ccccc3-c3ccccc32)c2ccccc2-c2ccccc21. The average molecular weight is 481 g/mol. The standard InChI is InChI=1S/C35H28O2/c36-22-34(29-18-8-4-14-25(29)26-15-5-9-19-30(26)34)33(24-12-2-1-3-13-24)35(23-37)31-20-10-6-16-27(31)28-17-7-11-21-32(28)35/h1-21,33,36-37H,22-23H2. The van der Waals surface area contributed by atoms with Gasteiger partial charge in [0, 0.05) is 5.92 Å². The van der Waals surface area contributed by atoms with Gasteiger partial charge in [-0.3, -0.25) is 0 Å². The van der Waals surface area contributed by atoms with Crippen molar-refractivity contribution < 1.29 is 10.2 Å². The lowest BCUT2D eigenvalue weighted by Crippen LogP contribution is -2.50. The Labute approximate surface area is 217 Å². The molecule has 0 aliphatic heterocycles. The highest BCUT2D eigenvalue weighted by atomic mass is 16.3. The summed E-state index contributed by atoms with van der Waals surface area (Å²) in [5.41, 5.74) is 8.64. The molecule has 7 rings (SSSR count). The first-order valence-electron chi connectivity index (χ1n) is 12.9. The fourth-order valence-corrected chi connectivity index (χ4v) is 7.50. The topological polar surface area (TPSA) is 40.5 Å². The van der Waals surface area contributed by atoms with Gasteiger partial charge in [-0.2, -0.15) is 0 Å². The van der Waals surface area contributed by atoms with Crippen molar-refractivity contribution >= 4 is 0 Å². The second-order valence-electron chi connectivity index (χ2n) is 10.3. The summed E-state index contributed by atoms with van der Waals surface area (Å²) in [5.74, 6) is -0.272. The van der Waals surface area contributed by atoms with Crippen LogP contribution in [0.15, 0.2) is 127 Å². The van der Waals surface area contributed by atoms with Crippen molar-refractivity contribution in [3.05, 3.63) is 155 Å². The van der Waals surface area contributed by atoms with E-state index in [1.165, 1.54) is 0 Å². The molecule has 0 atom stereocenters. The molecule has 0 saturated heterocycles. The van der Waals surface area contributed by atoms with Crippen LogP contribution in [0, 0.1) is 0 Å². The largest absolute Gasteiger partial charge is 0.395 e. The third-order valence-electron chi connectivity index (χ3n) is 8.83. The molecule has 2 nitrogen and oxygen atoms in total. The molecule has 0 aromatic heterocycles. The van der Waals surface area contributed by atoms with E-state index in [1.54, 1.807) is 0 Å². The molecule has 5 aromatic carbocycles. The lowest BCUT2D eigenvalue weighted by atomic mass is 9.53. The quantitative estimate of drug-likeness (QED) is 0.294. The molecule has 0 fully saturated rings. The molecule has 0 radical (unpaired) electrons. The van der Waals surface area contributed by atoms with Gasteiger partial charge in [0.2, 0.25) is 0 Å². The van der Waals surface area contributed by atoms with Crippen molar-refractivity contribution in [1.29, 1.82) is 0 Å². The van der Waals surface area contributed by atoms with Crippen molar-refractivity contribution in [2.75, 3.05) is 13.2 Å². The van der Waals surface area contributed by atoms with Gasteiger partial charge in [0.25, 0.3) is 0 Å². The Hall–Kier alpha value is -3.98. The van der Waals surface area contributed by atoms with Crippen LogP contribution in [0.25, 0.3) is 22.3 Å². The Morgan fingerprint density at radius 3 is 1.03 bits per heavy atom. The van der Waals surface area contributed by atoms with Crippen LogP contribution in [0.5, 0.6) is 0 Å². The summed E-state index contributed by atoms with van der Waals surface area (Å²) < 4.78 is 0. The molecule has 0 heterocycles. The zero-order valence-corrected chi connectivity index (χ0v) is 20.5. The molecule has 2 aliphatic carbocycles. The van der Waals surface area contributed by atoms with Crippen LogP contribution in [0.3, 0.4) is 0 Å². The molecule has 37 heavy (non-hydrogen) atoms. The Morgan fingerprint density at radius 2 is 0.703 bits per heavy atom. The number of hydrogen-bond donors (Lipinski definition) is 2. The van der Waals surface area contributed by atoms with Gasteiger partial charge in [0.15, 0.2) is 0 Å². The summed E-state index contributed by atoms with van der Waals surface area (Å²) in [6.07, 6.45) is 0. The molecule has 0 bridgehead atoms. The predicted molar refractivity (Wildman–Crippen MR) is 149 cm³/mol. The summed E-state index contributed by atoms with van der Waals surface area (Å²) in [6.45, 7) is -0.153. The Morgan fingerprint density at radius 1 is 0.405 bits per heavy atom. The molecule has 2 N–H and O–H groups in total. The highest BCUT2D eigenvalue weighted by Crippen LogP contribution is 2.65. The minimum atomic E-state index is -0.762. The van der Waals surface area contributed by atoms with Gasteiger partial charge in [0.05, 0.1) is 24.0 Å². The van der Waals surface area contributed by atoms with E-state index in [9.17, 15) is 10.2 Å². The summed E-state index contributed by atoms with van der Waals surface area (Å²) in [6, 6.07) is 44.4. The maximum Gasteiger partial charge on any atom is 0.0575 e. The zero-order valence-electron chi connectivity index (χ0n) is 20.5. The predicted octanol–water partition coefficient (Wildman–Crippen LogP) is 6.69. The Kier molecular flexibility index (Phi) is 4.97. The third-order valence-corrected chi connectivity index (χ3v) is 8.83. The molecule has 0 unspecified atom stereocenters. The van der Waals surface area contributed by atoms with Crippen molar-refractivity contribution in [3.63, 3.8) is 0 Å². The highest BCUT2D eigenvalue weighted by Gasteiger charge is 2.60. The minimum Gasteiger partial charge on any atom is -0.395 e. The van der Waals surface area contributed by atoms with Crippen LogP contribution in [0.1, 0.15) is 33.7 Å². The molecule has 0 saturated carbocycles. The summed E-state index contributed by atoms with van der Waals surface area (Å²) >= 11 is 0. The minimum absolute atomic E-state index is 0.0767. The highest BCUT2D eigenvalue weighted by molar-refractivity contribution is 5.86. The first-order chi connectivity index (χ1) is 18.3. The van der Waals surface area contributed by atoms with E-state index in [2.05, 4.69) is 121 Å². The van der Waals surface area contributed by atoms with Gasteiger partial charge < -0.3 is 10.2 Å². The van der Waals surface area contributed by atoms with Gasteiger partial charge in [-0.15, -0.1) is 0 Å².